The molecule has 0 heterocycles. The molecular formula is C14H13F3O2. The normalized spacial score (nSPS) is 12.3. The Hall–Kier alpha value is -1.96. The molecule has 0 N–H and O–H groups in total. The molecule has 0 saturated carbocycles. The molecule has 0 amide bonds. The number of esters is 1. The second-order valence-corrected chi connectivity index (χ2v) is 3.74. The van der Waals surface area contributed by atoms with Crippen molar-refractivity contribution < 1.29 is 22.7 Å². The zero-order valence-electron chi connectivity index (χ0n) is 10.5. The summed E-state index contributed by atoms with van der Waals surface area (Å²) in [6.45, 7) is 3.30. The van der Waals surface area contributed by atoms with Gasteiger partial charge in [-0.25, -0.2) is 4.79 Å². The number of rotatable bonds is 3. The van der Waals surface area contributed by atoms with Crippen LogP contribution in [-0.2, 0) is 10.9 Å². The lowest BCUT2D eigenvalue weighted by Gasteiger charge is -2.14. The first kappa shape index (κ1) is 15.1. The van der Waals surface area contributed by atoms with Crippen molar-refractivity contribution in [3.05, 3.63) is 35.4 Å². The predicted molar refractivity (Wildman–Crippen MR) is 64.4 cm³/mol. The number of halogens is 3. The van der Waals surface area contributed by atoms with Crippen LogP contribution in [0.25, 0.3) is 0 Å². The van der Waals surface area contributed by atoms with Crippen molar-refractivity contribution in [2.24, 2.45) is 0 Å². The summed E-state index contributed by atoms with van der Waals surface area (Å²) in [6.07, 6.45) is -4.87. The van der Waals surface area contributed by atoms with Crippen LogP contribution >= 0.6 is 0 Å². The number of ether oxygens (including phenoxy) is 1. The Morgan fingerprint density at radius 2 is 2.00 bits per heavy atom. The second-order valence-electron chi connectivity index (χ2n) is 3.74. The number of benzene rings is 1. The first-order valence-corrected chi connectivity index (χ1v) is 5.69. The van der Waals surface area contributed by atoms with E-state index < -0.39 is 29.4 Å². The molecule has 1 aromatic carbocycles. The Kier molecular flexibility index (Phi) is 4.99. The van der Waals surface area contributed by atoms with E-state index in [0.29, 0.717) is 6.42 Å². The molecule has 1 atom stereocenters. The average Bonchev–Trinajstić information content (AvgIpc) is 2.37. The molecular weight excluding hydrogens is 257 g/mol. The van der Waals surface area contributed by atoms with Crippen LogP contribution in [0.15, 0.2) is 24.3 Å². The summed E-state index contributed by atoms with van der Waals surface area (Å²) in [5, 5.41) is 0. The minimum atomic E-state index is -4.59. The number of carbonyl (C=O) groups excluding carboxylic acids is 1. The monoisotopic (exact) mass is 270 g/mol. The smallest absolute Gasteiger partial charge is 0.417 e. The molecule has 0 radical (unpaired) electrons. The van der Waals surface area contributed by atoms with Crippen LogP contribution in [0.5, 0.6) is 0 Å². The Balaban J connectivity index is 3.03. The van der Waals surface area contributed by atoms with E-state index in [9.17, 15) is 18.0 Å². The van der Waals surface area contributed by atoms with E-state index in [0.717, 1.165) is 12.1 Å². The average molecular weight is 270 g/mol. The van der Waals surface area contributed by atoms with Crippen molar-refractivity contribution in [2.75, 3.05) is 0 Å². The second kappa shape index (κ2) is 6.28. The fourth-order valence-electron chi connectivity index (χ4n) is 1.48. The summed E-state index contributed by atoms with van der Waals surface area (Å²) in [5.74, 6) is 4.18. The van der Waals surface area contributed by atoms with Crippen molar-refractivity contribution in [2.45, 2.75) is 32.5 Å². The van der Waals surface area contributed by atoms with Gasteiger partial charge >= 0.3 is 12.1 Å². The Bertz CT molecular complexity index is 509. The van der Waals surface area contributed by atoms with Gasteiger partial charge in [-0.1, -0.05) is 25.0 Å². The molecule has 2 nitrogen and oxygen atoms in total. The molecule has 0 bridgehead atoms. The number of carbonyl (C=O) groups is 1. The van der Waals surface area contributed by atoms with E-state index in [2.05, 4.69) is 11.8 Å². The largest absolute Gasteiger partial charge is 0.446 e. The highest BCUT2D eigenvalue weighted by Crippen LogP contribution is 2.32. The Morgan fingerprint density at radius 3 is 2.53 bits per heavy atom. The maximum absolute atomic E-state index is 12.7. The van der Waals surface area contributed by atoms with Crippen LogP contribution in [0, 0.1) is 11.8 Å². The minimum Gasteiger partial charge on any atom is -0.446 e. The molecule has 0 aliphatic carbocycles. The lowest BCUT2D eigenvalue weighted by Crippen LogP contribution is -2.19. The first-order chi connectivity index (χ1) is 8.90. The number of hydrogen-bond donors (Lipinski definition) is 0. The van der Waals surface area contributed by atoms with Crippen molar-refractivity contribution >= 4 is 5.97 Å². The number of hydrogen-bond acceptors (Lipinski definition) is 2. The van der Waals surface area contributed by atoms with Gasteiger partial charge in [-0.3, -0.25) is 0 Å². The zero-order chi connectivity index (χ0) is 14.5. The summed E-state index contributed by atoms with van der Waals surface area (Å²) in [7, 11) is 0. The van der Waals surface area contributed by atoms with Gasteiger partial charge in [0.25, 0.3) is 0 Å². The molecule has 0 saturated heterocycles. The quantitative estimate of drug-likeness (QED) is 0.619. The Labute approximate surface area is 109 Å². The summed E-state index contributed by atoms with van der Waals surface area (Å²) in [6, 6.07) is 4.53. The van der Waals surface area contributed by atoms with Gasteiger partial charge in [0.2, 0.25) is 0 Å². The van der Waals surface area contributed by atoms with Gasteiger partial charge < -0.3 is 4.74 Å². The predicted octanol–water partition coefficient (Wildman–Crippen LogP) is 3.66. The van der Waals surface area contributed by atoms with Crippen molar-refractivity contribution in [3.63, 3.8) is 0 Å². The molecule has 0 aliphatic rings. The van der Waals surface area contributed by atoms with Gasteiger partial charge in [-0.05, 0) is 25.5 Å². The van der Waals surface area contributed by atoms with Crippen molar-refractivity contribution in [3.8, 4) is 11.8 Å². The highest BCUT2D eigenvalue weighted by molar-refractivity contribution is 5.91. The van der Waals surface area contributed by atoms with Crippen LogP contribution in [0.1, 0.15) is 36.2 Å². The fraction of sp³-hybridized carbons (Fsp3) is 0.357. The van der Waals surface area contributed by atoms with E-state index in [1.165, 1.54) is 12.1 Å². The zero-order valence-corrected chi connectivity index (χ0v) is 10.5. The summed E-state index contributed by atoms with van der Waals surface area (Å²) < 4.78 is 43.2. The van der Waals surface area contributed by atoms with Crippen LogP contribution in [0.2, 0.25) is 0 Å². The van der Waals surface area contributed by atoms with Crippen LogP contribution in [0.4, 0.5) is 13.2 Å². The van der Waals surface area contributed by atoms with E-state index in [1.807, 2.05) is 0 Å². The fourth-order valence-corrected chi connectivity index (χ4v) is 1.48. The van der Waals surface area contributed by atoms with Crippen molar-refractivity contribution in [1.82, 2.24) is 0 Å². The molecule has 0 fully saturated rings. The van der Waals surface area contributed by atoms with Gasteiger partial charge in [0, 0.05) is 0 Å². The summed E-state index contributed by atoms with van der Waals surface area (Å²) in [4.78, 5) is 11.8. The van der Waals surface area contributed by atoms with Crippen LogP contribution < -0.4 is 0 Å². The Morgan fingerprint density at radius 1 is 1.37 bits per heavy atom. The van der Waals surface area contributed by atoms with E-state index >= 15 is 0 Å². The minimum absolute atomic E-state index is 0.417. The molecule has 1 rings (SSSR count). The SMILES string of the molecule is CC#CC(CC)OC(=O)c1ccccc1C(F)(F)F. The molecule has 1 unspecified atom stereocenters. The third-order valence-corrected chi connectivity index (χ3v) is 2.38. The highest BCUT2D eigenvalue weighted by Gasteiger charge is 2.35. The summed E-state index contributed by atoms with van der Waals surface area (Å²) >= 11 is 0. The van der Waals surface area contributed by atoms with E-state index in [1.54, 1.807) is 13.8 Å². The van der Waals surface area contributed by atoms with Gasteiger partial charge in [-0.15, -0.1) is 5.92 Å². The maximum atomic E-state index is 12.7. The lowest BCUT2D eigenvalue weighted by atomic mass is 10.1. The van der Waals surface area contributed by atoms with Crippen LogP contribution in [0.3, 0.4) is 0 Å². The topological polar surface area (TPSA) is 26.3 Å². The molecule has 5 heteroatoms. The third-order valence-electron chi connectivity index (χ3n) is 2.38. The van der Waals surface area contributed by atoms with E-state index in [4.69, 9.17) is 4.74 Å². The van der Waals surface area contributed by atoms with Gasteiger partial charge in [0.1, 0.15) is 0 Å². The van der Waals surface area contributed by atoms with E-state index in [-0.39, 0.29) is 0 Å². The van der Waals surface area contributed by atoms with Crippen LogP contribution in [-0.4, -0.2) is 12.1 Å². The molecule has 0 spiro atoms. The molecule has 102 valence electrons. The van der Waals surface area contributed by atoms with Gasteiger partial charge in [0.15, 0.2) is 6.10 Å². The summed E-state index contributed by atoms with van der Waals surface area (Å²) in [5.41, 5.74) is -1.49. The molecule has 0 aromatic heterocycles. The van der Waals surface area contributed by atoms with Gasteiger partial charge in [0.05, 0.1) is 11.1 Å². The highest BCUT2D eigenvalue weighted by atomic mass is 19.4. The maximum Gasteiger partial charge on any atom is 0.417 e. The number of alkyl halides is 3. The third kappa shape index (κ3) is 4.02. The van der Waals surface area contributed by atoms with Crippen molar-refractivity contribution in [1.29, 1.82) is 0 Å². The first-order valence-electron chi connectivity index (χ1n) is 5.69. The molecule has 1 aromatic rings. The standard InChI is InChI=1S/C14H13F3O2/c1-3-7-10(4-2)19-13(18)11-8-5-6-9-12(11)14(15,16)17/h5-6,8-10H,4H2,1-2H3. The molecule has 19 heavy (non-hydrogen) atoms. The molecule has 0 aliphatic heterocycles. The van der Waals surface area contributed by atoms with Gasteiger partial charge in [-0.2, -0.15) is 13.2 Å². The lowest BCUT2D eigenvalue weighted by molar-refractivity contribution is -0.138.